The molecule has 1 heterocycles. The van der Waals surface area contributed by atoms with Gasteiger partial charge in [-0.1, -0.05) is 50.5 Å². The Balaban J connectivity index is 2.95. The van der Waals surface area contributed by atoms with E-state index < -0.39 is 29.8 Å². The van der Waals surface area contributed by atoms with Gasteiger partial charge in [-0.3, -0.25) is 14.4 Å². The molecule has 1 rings (SSSR count). The van der Waals surface area contributed by atoms with E-state index in [0.717, 1.165) is 19.3 Å². The van der Waals surface area contributed by atoms with E-state index >= 15 is 0 Å². The molecular weight excluding hydrogens is 452 g/mol. The molecule has 0 bridgehead atoms. The fourth-order valence-electron chi connectivity index (χ4n) is 4.04. The number of carboxylic acid groups (broad SMARTS) is 2. The number of carbonyl (C=O) groups excluding carboxylic acids is 1. The number of carbonyl (C=O) groups is 3. The first kappa shape index (κ1) is 30.5. The average Bonchev–Trinajstić information content (AvgIpc) is 2.96. The Morgan fingerprint density at radius 1 is 1.09 bits per heavy atom. The maximum atomic E-state index is 13.2. The van der Waals surface area contributed by atoms with Gasteiger partial charge in [0.25, 0.3) is 5.91 Å². The van der Waals surface area contributed by atoms with E-state index in [2.05, 4.69) is 6.92 Å². The van der Waals surface area contributed by atoms with E-state index in [-0.39, 0.29) is 25.3 Å². The Kier molecular flexibility index (Phi) is 13.5. The van der Waals surface area contributed by atoms with Crippen molar-refractivity contribution in [1.29, 1.82) is 0 Å². The number of amides is 1. The summed E-state index contributed by atoms with van der Waals surface area (Å²) in [6.45, 7) is 3.87. The van der Waals surface area contributed by atoms with E-state index in [0.29, 0.717) is 49.7 Å². The molecule has 1 aliphatic rings. The van der Waals surface area contributed by atoms with Gasteiger partial charge in [0.15, 0.2) is 5.72 Å². The number of nitrogens with two attached hydrogens (primary N) is 1. The first-order valence-corrected chi connectivity index (χ1v) is 12.5. The molecule has 0 spiro atoms. The first-order chi connectivity index (χ1) is 16.5. The molecule has 0 aliphatic carbocycles. The zero-order chi connectivity index (χ0) is 26.4. The fraction of sp³-hybridized carbons (Fsp3) is 0.654. The van der Waals surface area contributed by atoms with Crippen molar-refractivity contribution < 1.29 is 34.8 Å². The van der Waals surface area contributed by atoms with Crippen LogP contribution in [0.4, 0.5) is 0 Å². The predicted molar refractivity (Wildman–Crippen MR) is 133 cm³/mol. The van der Waals surface area contributed by atoms with Crippen LogP contribution in [0.5, 0.6) is 0 Å². The molecular formula is C26H42N2O7. The predicted octanol–water partition coefficient (Wildman–Crippen LogP) is 3.11. The Hall–Kier alpha value is -2.49. The summed E-state index contributed by atoms with van der Waals surface area (Å²) in [6, 6.07) is -0.961. The van der Waals surface area contributed by atoms with E-state index in [4.69, 9.17) is 15.9 Å². The van der Waals surface area contributed by atoms with Crippen LogP contribution in [-0.4, -0.2) is 67.6 Å². The van der Waals surface area contributed by atoms with Crippen molar-refractivity contribution in [3.05, 3.63) is 35.5 Å². The highest BCUT2D eigenvalue weighted by Crippen LogP contribution is 2.37. The van der Waals surface area contributed by atoms with Gasteiger partial charge in [-0.25, -0.2) is 0 Å². The third kappa shape index (κ3) is 10.3. The third-order valence-corrected chi connectivity index (χ3v) is 6.20. The number of aliphatic hydroxyl groups is 2. The summed E-state index contributed by atoms with van der Waals surface area (Å²) in [4.78, 5) is 36.1. The lowest BCUT2D eigenvalue weighted by molar-refractivity contribution is -0.141. The van der Waals surface area contributed by atoms with Crippen LogP contribution in [0.15, 0.2) is 35.5 Å². The monoisotopic (exact) mass is 494 g/mol. The van der Waals surface area contributed by atoms with Crippen LogP contribution in [0.1, 0.15) is 84.5 Å². The molecule has 0 aromatic rings. The van der Waals surface area contributed by atoms with Crippen LogP contribution in [0.3, 0.4) is 0 Å². The average molecular weight is 495 g/mol. The molecule has 9 heteroatoms. The number of aliphatic carboxylic acids is 2. The maximum absolute atomic E-state index is 13.2. The third-order valence-electron chi connectivity index (χ3n) is 6.20. The second-order valence-electron chi connectivity index (χ2n) is 9.19. The highest BCUT2D eigenvalue weighted by molar-refractivity contribution is 6.01. The molecule has 9 nitrogen and oxygen atoms in total. The fourth-order valence-corrected chi connectivity index (χ4v) is 4.04. The van der Waals surface area contributed by atoms with Crippen LogP contribution in [-0.2, 0) is 14.4 Å². The van der Waals surface area contributed by atoms with Crippen LogP contribution in [0.25, 0.3) is 0 Å². The summed E-state index contributed by atoms with van der Waals surface area (Å²) >= 11 is 0. The molecule has 0 aromatic heterocycles. The standard InChI is InChI=1S/C26H42N2O7/c1-3-4-7-12-19(29)16-17-20-21(13-8-5-6-9-15-23(30)31)26(2,35)28(24(20)32)18-11-10-14-22(27)25(33)34/h5,8,16-17,19,22,29,35H,3-4,6-7,9-15,18,27H2,1-2H3,(H,30,31)(H,33,34)/b8-5-,17-16+. The van der Waals surface area contributed by atoms with Crippen LogP contribution < -0.4 is 5.73 Å². The van der Waals surface area contributed by atoms with Crippen molar-refractivity contribution in [1.82, 2.24) is 4.90 Å². The Morgan fingerprint density at radius 2 is 1.77 bits per heavy atom. The number of hydrogen-bond acceptors (Lipinski definition) is 6. The second-order valence-corrected chi connectivity index (χ2v) is 9.19. The molecule has 1 amide bonds. The molecule has 3 unspecified atom stereocenters. The molecule has 6 N–H and O–H groups in total. The number of nitrogens with zero attached hydrogens (tertiary/aromatic N) is 1. The summed E-state index contributed by atoms with van der Waals surface area (Å²) in [5.74, 6) is -2.27. The Morgan fingerprint density at radius 3 is 2.40 bits per heavy atom. The van der Waals surface area contributed by atoms with Crippen molar-refractivity contribution in [2.45, 2.75) is 102 Å². The van der Waals surface area contributed by atoms with Crippen molar-refractivity contribution in [3.8, 4) is 0 Å². The number of hydrogen-bond donors (Lipinski definition) is 5. The van der Waals surface area contributed by atoms with Crippen LogP contribution >= 0.6 is 0 Å². The van der Waals surface area contributed by atoms with Gasteiger partial charge in [-0.15, -0.1) is 0 Å². The molecule has 1 aliphatic heterocycles. The lowest BCUT2D eigenvalue weighted by Gasteiger charge is -2.32. The second kappa shape index (κ2) is 15.5. The van der Waals surface area contributed by atoms with Gasteiger partial charge in [0.2, 0.25) is 0 Å². The molecule has 0 radical (unpaired) electrons. The molecule has 0 saturated heterocycles. The highest BCUT2D eigenvalue weighted by atomic mass is 16.4. The topological polar surface area (TPSA) is 161 Å². The normalized spacial score (nSPS) is 20.4. The number of allylic oxidation sites excluding steroid dienone is 2. The van der Waals surface area contributed by atoms with Gasteiger partial charge >= 0.3 is 11.9 Å². The minimum atomic E-state index is -1.54. The smallest absolute Gasteiger partial charge is 0.320 e. The van der Waals surface area contributed by atoms with Crippen molar-refractivity contribution in [2.24, 2.45) is 5.73 Å². The summed E-state index contributed by atoms with van der Waals surface area (Å²) in [6.07, 6.45) is 12.4. The van der Waals surface area contributed by atoms with Crippen molar-refractivity contribution in [2.75, 3.05) is 6.54 Å². The van der Waals surface area contributed by atoms with Gasteiger partial charge in [0, 0.05) is 18.5 Å². The van der Waals surface area contributed by atoms with Gasteiger partial charge in [-0.2, -0.15) is 0 Å². The Labute approximate surface area is 208 Å². The SMILES string of the molecule is CCCCCC(O)/C=C/C1=C(C/C=C\CCCC(=O)O)C(C)(O)N(CCCCC(N)C(=O)O)C1=O. The highest BCUT2D eigenvalue weighted by Gasteiger charge is 2.45. The summed E-state index contributed by atoms with van der Waals surface area (Å²) in [5.41, 5.74) is 4.85. The van der Waals surface area contributed by atoms with Gasteiger partial charge < -0.3 is 31.1 Å². The van der Waals surface area contributed by atoms with Crippen LogP contribution in [0, 0.1) is 0 Å². The lowest BCUT2D eigenvalue weighted by atomic mass is 9.97. The van der Waals surface area contributed by atoms with Crippen LogP contribution in [0.2, 0.25) is 0 Å². The van der Waals surface area contributed by atoms with Crippen molar-refractivity contribution >= 4 is 17.8 Å². The molecule has 35 heavy (non-hydrogen) atoms. The maximum Gasteiger partial charge on any atom is 0.320 e. The summed E-state index contributed by atoms with van der Waals surface area (Å²) in [7, 11) is 0. The molecule has 0 fully saturated rings. The Bertz CT molecular complexity index is 802. The first-order valence-electron chi connectivity index (χ1n) is 12.5. The number of rotatable bonds is 18. The number of aliphatic hydroxyl groups excluding tert-OH is 1. The van der Waals surface area contributed by atoms with E-state index in [1.807, 2.05) is 12.2 Å². The molecule has 0 saturated carbocycles. The lowest BCUT2D eigenvalue weighted by Crippen LogP contribution is -2.46. The summed E-state index contributed by atoms with van der Waals surface area (Å²) < 4.78 is 0. The van der Waals surface area contributed by atoms with E-state index in [1.54, 1.807) is 19.1 Å². The van der Waals surface area contributed by atoms with E-state index in [9.17, 15) is 24.6 Å². The largest absolute Gasteiger partial charge is 0.481 e. The molecule has 0 aromatic carbocycles. The van der Waals surface area contributed by atoms with Gasteiger partial charge in [0.05, 0.1) is 6.10 Å². The number of carboxylic acids is 2. The minimum absolute atomic E-state index is 0.0759. The zero-order valence-electron chi connectivity index (χ0n) is 21.0. The zero-order valence-corrected chi connectivity index (χ0v) is 21.0. The molecule has 198 valence electrons. The molecule has 3 atom stereocenters. The summed E-state index contributed by atoms with van der Waals surface area (Å²) in [5, 5.41) is 39.2. The van der Waals surface area contributed by atoms with Gasteiger partial charge in [0.1, 0.15) is 6.04 Å². The quantitative estimate of drug-likeness (QED) is 0.143. The number of unbranched alkanes of at least 4 members (excludes halogenated alkanes) is 4. The minimum Gasteiger partial charge on any atom is -0.481 e. The van der Waals surface area contributed by atoms with Crippen molar-refractivity contribution in [3.63, 3.8) is 0 Å². The van der Waals surface area contributed by atoms with E-state index in [1.165, 1.54) is 4.90 Å². The van der Waals surface area contributed by atoms with Gasteiger partial charge in [-0.05, 0) is 57.4 Å².